The first-order chi connectivity index (χ1) is 19.3. The normalized spacial score (nSPS) is 22.0. The summed E-state index contributed by atoms with van der Waals surface area (Å²) in [5, 5.41) is 32.4. The van der Waals surface area contributed by atoms with Crippen LogP contribution in [-0.4, -0.2) is 94.8 Å². The fourth-order valence-electron chi connectivity index (χ4n) is 5.26. The van der Waals surface area contributed by atoms with Crippen molar-refractivity contribution in [3.8, 4) is 6.07 Å². The fourth-order valence-corrected chi connectivity index (χ4v) is 5.26. The monoisotopic (exact) mass is 576 g/mol. The second kappa shape index (κ2) is 12.1. The number of carbonyl (C=O) groups excluding carboxylic acids is 2. The number of carbonyl (C=O) groups is 2. The molecule has 3 N–H and O–H groups in total. The van der Waals surface area contributed by atoms with Crippen LogP contribution in [0.4, 0.5) is 18.0 Å². The Bertz CT molecular complexity index is 1340. The highest BCUT2D eigenvalue weighted by atomic mass is 19.3. The Kier molecular flexibility index (Phi) is 9.01. The van der Waals surface area contributed by atoms with E-state index in [1.807, 2.05) is 0 Å². The lowest BCUT2D eigenvalue weighted by Gasteiger charge is -2.33. The van der Waals surface area contributed by atoms with Crippen LogP contribution < -0.4 is 5.32 Å². The molecular formula is C27H32BF3N4O6. The minimum absolute atomic E-state index is 0.0133. The third kappa shape index (κ3) is 7.22. The number of benzene rings is 1. The summed E-state index contributed by atoms with van der Waals surface area (Å²) in [6.45, 7) is 2.06. The predicted octanol–water partition coefficient (Wildman–Crippen LogP) is 2.59. The second-order valence-corrected chi connectivity index (χ2v) is 11.0. The average Bonchev–Trinajstić information content (AvgIpc) is 3.61. The molecule has 0 saturated carbocycles. The molecule has 0 aliphatic carbocycles. The number of fused-ring (bicyclic) bond motifs is 1. The van der Waals surface area contributed by atoms with Crippen LogP contribution in [0.3, 0.4) is 0 Å². The van der Waals surface area contributed by atoms with Gasteiger partial charge in [-0.05, 0) is 38.0 Å². The summed E-state index contributed by atoms with van der Waals surface area (Å²) in [4.78, 5) is 28.3. The van der Waals surface area contributed by atoms with Crippen molar-refractivity contribution in [2.24, 2.45) is 0 Å². The van der Waals surface area contributed by atoms with Gasteiger partial charge in [-0.3, -0.25) is 9.69 Å². The molecule has 3 atom stereocenters. The summed E-state index contributed by atoms with van der Waals surface area (Å²) in [6, 6.07) is 8.02. The van der Waals surface area contributed by atoms with E-state index in [1.54, 1.807) is 44.2 Å². The first-order valence-corrected chi connectivity index (χ1v) is 13.2. The maximum atomic E-state index is 14.4. The number of alkyl halides is 3. The molecule has 0 bridgehead atoms. The molecule has 220 valence electrons. The summed E-state index contributed by atoms with van der Waals surface area (Å²) in [5.74, 6) is -4.82. The van der Waals surface area contributed by atoms with Crippen molar-refractivity contribution in [2.45, 2.75) is 62.7 Å². The minimum Gasteiger partial charge on any atom is -0.464 e. The van der Waals surface area contributed by atoms with Crippen LogP contribution in [0.1, 0.15) is 32.3 Å². The summed E-state index contributed by atoms with van der Waals surface area (Å²) in [7, 11) is -1.93. The van der Waals surface area contributed by atoms with Gasteiger partial charge in [0.05, 0.1) is 31.3 Å². The van der Waals surface area contributed by atoms with E-state index in [0.717, 1.165) is 10.3 Å². The van der Waals surface area contributed by atoms with Crippen LogP contribution in [-0.2, 0) is 16.0 Å². The molecule has 1 aromatic heterocycles. The number of rotatable bonds is 9. The van der Waals surface area contributed by atoms with Crippen molar-refractivity contribution in [3.05, 3.63) is 47.7 Å². The lowest BCUT2D eigenvalue weighted by atomic mass is 9.76. The first-order valence-electron chi connectivity index (χ1n) is 13.2. The van der Waals surface area contributed by atoms with Crippen molar-refractivity contribution in [1.29, 1.82) is 5.26 Å². The number of nitrogens with one attached hydrogen (secondary N) is 1. The Morgan fingerprint density at radius 2 is 2.10 bits per heavy atom. The summed E-state index contributed by atoms with van der Waals surface area (Å²) >= 11 is 0. The van der Waals surface area contributed by atoms with Crippen LogP contribution in [0.25, 0.3) is 11.0 Å². The number of hydrogen-bond acceptors (Lipinski definition) is 8. The standard InChI is InChI=1S/C27H32BF3N4O6/c1-26(2,34-8-7-27(30,31)16-34)11-18(12-32)24(36)35-13-19(29)10-20(35)15-41-25(37)33-23(28(38)39)9-17-14-40-22-6-4-3-5-21(17)22/h3-6,11,14,19-20,23,38-39H,7-10,13,15-16H2,1-2H3,(H,33,37)/t19-,20+,23?/m0/s1. The smallest absolute Gasteiger partial charge is 0.464 e. The van der Waals surface area contributed by atoms with Crippen LogP contribution in [0.5, 0.6) is 0 Å². The quantitative estimate of drug-likeness (QED) is 0.235. The van der Waals surface area contributed by atoms with E-state index in [-0.39, 0.29) is 37.9 Å². The maximum Gasteiger partial charge on any atom is 0.475 e. The zero-order chi connectivity index (χ0) is 29.9. The Morgan fingerprint density at radius 1 is 1.37 bits per heavy atom. The molecule has 2 aromatic rings. The number of likely N-dealkylation sites (tertiary alicyclic amines) is 2. The summed E-state index contributed by atoms with van der Waals surface area (Å²) in [5.41, 5.74) is -0.148. The van der Waals surface area contributed by atoms with Gasteiger partial charge in [0.2, 0.25) is 0 Å². The van der Waals surface area contributed by atoms with Gasteiger partial charge in [0, 0.05) is 30.3 Å². The maximum absolute atomic E-state index is 14.4. The molecule has 1 unspecified atom stereocenters. The molecule has 2 fully saturated rings. The summed E-state index contributed by atoms with van der Waals surface area (Å²) in [6.07, 6.45) is -0.150. The Labute approximate surface area is 235 Å². The topological polar surface area (TPSA) is 139 Å². The first kappa shape index (κ1) is 30.4. The largest absolute Gasteiger partial charge is 0.475 e. The molecule has 10 nitrogen and oxygen atoms in total. The Balaban J connectivity index is 1.38. The van der Waals surface area contributed by atoms with Gasteiger partial charge in [-0.25, -0.2) is 18.0 Å². The van der Waals surface area contributed by atoms with Gasteiger partial charge in [-0.2, -0.15) is 5.26 Å². The lowest BCUT2D eigenvalue weighted by molar-refractivity contribution is -0.128. The Hall–Kier alpha value is -3.54. The number of para-hydroxylation sites is 1. The molecule has 2 aliphatic heterocycles. The highest BCUT2D eigenvalue weighted by Crippen LogP contribution is 2.33. The number of amides is 2. The zero-order valence-electron chi connectivity index (χ0n) is 22.7. The van der Waals surface area contributed by atoms with Crippen molar-refractivity contribution >= 4 is 30.1 Å². The van der Waals surface area contributed by atoms with Crippen LogP contribution in [0, 0.1) is 11.3 Å². The molecule has 1 aromatic carbocycles. The molecular weight excluding hydrogens is 544 g/mol. The van der Waals surface area contributed by atoms with Crippen molar-refractivity contribution in [2.75, 3.05) is 26.2 Å². The Morgan fingerprint density at radius 3 is 2.76 bits per heavy atom. The van der Waals surface area contributed by atoms with Crippen LogP contribution in [0.2, 0.25) is 0 Å². The molecule has 2 saturated heterocycles. The van der Waals surface area contributed by atoms with E-state index in [2.05, 4.69) is 5.32 Å². The molecule has 2 amide bonds. The molecule has 4 rings (SSSR count). The van der Waals surface area contributed by atoms with Crippen LogP contribution in [0.15, 0.2) is 46.6 Å². The molecule has 2 aliphatic rings. The zero-order valence-corrected chi connectivity index (χ0v) is 22.7. The molecule has 41 heavy (non-hydrogen) atoms. The van der Waals surface area contributed by atoms with E-state index in [0.29, 0.717) is 11.1 Å². The lowest BCUT2D eigenvalue weighted by Crippen LogP contribution is -2.49. The number of nitriles is 1. The highest BCUT2D eigenvalue weighted by molar-refractivity contribution is 6.43. The van der Waals surface area contributed by atoms with Gasteiger partial charge in [-0.15, -0.1) is 0 Å². The summed E-state index contributed by atoms with van der Waals surface area (Å²) < 4.78 is 52.5. The number of hydrogen-bond donors (Lipinski definition) is 3. The van der Waals surface area contributed by atoms with E-state index in [9.17, 15) is 38.1 Å². The number of ether oxygens (including phenoxy) is 1. The molecule has 3 heterocycles. The van der Waals surface area contributed by atoms with E-state index in [4.69, 9.17) is 9.15 Å². The predicted molar refractivity (Wildman–Crippen MR) is 142 cm³/mol. The average molecular weight is 576 g/mol. The fraction of sp³-hybridized carbons (Fsp3) is 0.519. The van der Waals surface area contributed by atoms with E-state index in [1.165, 1.54) is 17.2 Å². The third-order valence-electron chi connectivity index (χ3n) is 7.53. The van der Waals surface area contributed by atoms with Gasteiger partial charge in [-0.1, -0.05) is 18.2 Å². The molecule has 0 radical (unpaired) electrons. The molecule has 0 spiro atoms. The molecule has 14 heteroatoms. The van der Waals surface area contributed by atoms with Gasteiger partial charge in [0.15, 0.2) is 0 Å². The second-order valence-electron chi connectivity index (χ2n) is 11.0. The number of furan rings is 1. The van der Waals surface area contributed by atoms with Crippen molar-refractivity contribution in [1.82, 2.24) is 15.1 Å². The van der Waals surface area contributed by atoms with E-state index < -0.39 is 61.9 Å². The minimum atomic E-state index is -2.86. The van der Waals surface area contributed by atoms with E-state index >= 15 is 0 Å². The van der Waals surface area contributed by atoms with Gasteiger partial charge in [0.1, 0.15) is 30.0 Å². The van der Waals surface area contributed by atoms with Crippen LogP contribution >= 0.6 is 0 Å². The number of halogens is 3. The SMILES string of the molecule is CC(C)(C=C(C#N)C(=O)N1C[C@@H](F)C[C@@H]1COC(=O)NC(Cc1coc2ccccc12)B(O)O)N1CCC(F)(F)C1. The van der Waals surface area contributed by atoms with Gasteiger partial charge >= 0.3 is 13.2 Å². The van der Waals surface area contributed by atoms with Gasteiger partial charge < -0.3 is 29.4 Å². The highest BCUT2D eigenvalue weighted by Gasteiger charge is 2.44. The number of alkyl carbamates (subject to hydrolysis) is 1. The number of nitrogens with zero attached hydrogens (tertiary/aromatic N) is 3. The third-order valence-corrected chi connectivity index (χ3v) is 7.53. The van der Waals surface area contributed by atoms with Crippen molar-refractivity contribution in [3.63, 3.8) is 0 Å². The van der Waals surface area contributed by atoms with Crippen molar-refractivity contribution < 1.29 is 42.0 Å². The van der Waals surface area contributed by atoms with Gasteiger partial charge in [0.25, 0.3) is 11.8 Å².